The lowest BCUT2D eigenvalue weighted by molar-refractivity contribution is 0.168. The lowest BCUT2D eigenvalue weighted by Crippen LogP contribution is -2.40. The summed E-state index contributed by atoms with van der Waals surface area (Å²) in [5, 5.41) is 6.87. The van der Waals surface area contributed by atoms with Gasteiger partial charge in [-0.15, -0.1) is 0 Å². The molecule has 1 saturated carbocycles. The van der Waals surface area contributed by atoms with Crippen LogP contribution in [0.15, 0.2) is 4.52 Å². The quantitative estimate of drug-likeness (QED) is 0.825. The standard InChI is InChI=1S/C13H20N4O3/c1-19-8-6-14-13(18)17-7-2-3-10(17)12-15-11(16-20-12)9-4-5-9/h9-10H,2-8H2,1H3,(H,14,18). The highest BCUT2D eigenvalue weighted by molar-refractivity contribution is 5.74. The average molecular weight is 280 g/mol. The smallest absolute Gasteiger partial charge is 0.318 e. The van der Waals surface area contributed by atoms with Crippen LogP contribution < -0.4 is 5.32 Å². The number of carbonyl (C=O) groups excluding carboxylic acids is 1. The average Bonchev–Trinajstić information content (AvgIpc) is 3.01. The largest absolute Gasteiger partial charge is 0.383 e. The van der Waals surface area contributed by atoms with Crippen LogP contribution in [0.1, 0.15) is 49.4 Å². The third-order valence-electron chi connectivity index (χ3n) is 3.78. The Morgan fingerprint density at radius 1 is 1.50 bits per heavy atom. The van der Waals surface area contributed by atoms with Gasteiger partial charge in [-0.05, 0) is 25.7 Å². The van der Waals surface area contributed by atoms with Gasteiger partial charge in [0.15, 0.2) is 5.82 Å². The number of urea groups is 1. The van der Waals surface area contributed by atoms with E-state index in [1.807, 2.05) is 0 Å². The molecule has 0 radical (unpaired) electrons. The topological polar surface area (TPSA) is 80.5 Å². The highest BCUT2D eigenvalue weighted by Gasteiger charge is 2.36. The molecule has 1 saturated heterocycles. The van der Waals surface area contributed by atoms with Crippen LogP contribution in [0.2, 0.25) is 0 Å². The van der Waals surface area contributed by atoms with Gasteiger partial charge in [-0.1, -0.05) is 5.16 Å². The second-order valence-corrected chi connectivity index (χ2v) is 5.34. The molecule has 2 aliphatic rings. The summed E-state index contributed by atoms with van der Waals surface area (Å²) < 4.78 is 10.3. The van der Waals surface area contributed by atoms with Crippen molar-refractivity contribution in [2.45, 2.75) is 37.6 Å². The van der Waals surface area contributed by atoms with Gasteiger partial charge >= 0.3 is 6.03 Å². The Morgan fingerprint density at radius 3 is 3.10 bits per heavy atom. The van der Waals surface area contributed by atoms with Crippen molar-refractivity contribution in [3.8, 4) is 0 Å². The molecule has 2 heterocycles. The zero-order valence-electron chi connectivity index (χ0n) is 11.7. The fourth-order valence-electron chi connectivity index (χ4n) is 2.52. The zero-order valence-corrected chi connectivity index (χ0v) is 11.7. The molecular weight excluding hydrogens is 260 g/mol. The number of nitrogens with one attached hydrogen (secondary N) is 1. The maximum Gasteiger partial charge on any atom is 0.318 e. The predicted octanol–water partition coefficient (Wildman–Crippen LogP) is 1.44. The number of amides is 2. The molecule has 0 spiro atoms. The van der Waals surface area contributed by atoms with E-state index in [4.69, 9.17) is 9.26 Å². The molecule has 110 valence electrons. The van der Waals surface area contributed by atoms with Gasteiger partial charge in [0.25, 0.3) is 0 Å². The van der Waals surface area contributed by atoms with Gasteiger partial charge in [0.2, 0.25) is 5.89 Å². The van der Waals surface area contributed by atoms with Crippen molar-refractivity contribution >= 4 is 6.03 Å². The summed E-state index contributed by atoms with van der Waals surface area (Å²) in [6, 6.07) is -0.173. The molecule has 1 aromatic rings. The number of ether oxygens (including phenoxy) is 1. The highest BCUT2D eigenvalue weighted by Crippen LogP contribution is 2.39. The minimum atomic E-state index is -0.0873. The molecule has 0 aromatic carbocycles. The maximum absolute atomic E-state index is 12.1. The Hall–Kier alpha value is -1.63. The Kier molecular flexibility index (Phi) is 3.86. The van der Waals surface area contributed by atoms with Crippen LogP contribution in [0.5, 0.6) is 0 Å². The molecule has 3 rings (SSSR count). The minimum Gasteiger partial charge on any atom is -0.383 e. The van der Waals surface area contributed by atoms with E-state index in [0.29, 0.717) is 25.0 Å². The van der Waals surface area contributed by atoms with Gasteiger partial charge in [0, 0.05) is 26.1 Å². The molecule has 7 nitrogen and oxygen atoms in total. The first kappa shape index (κ1) is 13.4. The number of methoxy groups -OCH3 is 1. The molecule has 1 aliphatic heterocycles. The van der Waals surface area contributed by atoms with Crippen LogP contribution in [-0.4, -0.2) is 47.9 Å². The van der Waals surface area contributed by atoms with Gasteiger partial charge < -0.3 is 19.5 Å². The number of hydrogen-bond donors (Lipinski definition) is 1. The molecule has 1 aliphatic carbocycles. The molecule has 1 aromatic heterocycles. The number of carbonyl (C=O) groups is 1. The van der Waals surface area contributed by atoms with Crippen LogP contribution in [0, 0.1) is 0 Å². The van der Waals surface area contributed by atoms with Gasteiger partial charge in [-0.3, -0.25) is 0 Å². The molecule has 7 heteroatoms. The van der Waals surface area contributed by atoms with E-state index in [-0.39, 0.29) is 12.1 Å². The van der Waals surface area contributed by atoms with Crippen molar-refractivity contribution in [1.82, 2.24) is 20.4 Å². The van der Waals surface area contributed by atoms with Crippen molar-refractivity contribution < 1.29 is 14.1 Å². The summed E-state index contributed by atoms with van der Waals surface area (Å²) >= 11 is 0. The number of likely N-dealkylation sites (tertiary alicyclic amines) is 1. The van der Waals surface area contributed by atoms with Gasteiger partial charge in [-0.25, -0.2) is 4.79 Å². The SMILES string of the molecule is COCCNC(=O)N1CCCC1c1nc(C2CC2)no1. The van der Waals surface area contributed by atoms with Crippen molar-refractivity contribution in [1.29, 1.82) is 0 Å². The first-order chi connectivity index (χ1) is 9.79. The van der Waals surface area contributed by atoms with Crippen molar-refractivity contribution in [2.75, 3.05) is 26.8 Å². The minimum absolute atomic E-state index is 0.0856. The van der Waals surface area contributed by atoms with E-state index < -0.39 is 0 Å². The summed E-state index contributed by atoms with van der Waals surface area (Å²) in [5.41, 5.74) is 0. The van der Waals surface area contributed by atoms with E-state index in [1.54, 1.807) is 12.0 Å². The van der Waals surface area contributed by atoms with E-state index >= 15 is 0 Å². The predicted molar refractivity (Wildman–Crippen MR) is 70.2 cm³/mol. The van der Waals surface area contributed by atoms with Crippen LogP contribution in [-0.2, 0) is 4.74 Å². The molecule has 2 fully saturated rings. The van der Waals surface area contributed by atoms with E-state index in [1.165, 1.54) is 0 Å². The third-order valence-corrected chi connectivity index (χ3v) is 3.78. The Bertz CT molecular complexity index is 472. The highest BCUT2D eigenvalue weighted by atomic mass is 16.5. The number of hydrogen-bond acceptors (Lipinski definition) is 5. The van der Waals surface area contributed by atoms with Crippen molar-refractivity contribution in [2.24, 2.45) is 0 Å². The summed E-state index contributed by atoms with van der Waals surface area (Å²) in [5.74, 6) is 1.84. The molecule has 20 heavy (non-hydrogen) atoms. The fraction of sp³-hybridized carbons (Fsp3) is 0.769. The molecular formula is C13H20N4O3. The zero-order chi connectivity index (χ0) is 13.9. The van der Waals surface area contributed by atoms with E-state index in [0.717, 1.165) is 38.1 Å². The number of aromatic nitrogens is 2. The molecule has 1 atom stereocenters. The summed E-state index contributed by atoms with van der Waals surface area (Å²) in [4.78, 5) is 18.4. The van der Waals surface area contributed by atoms with Gasteiger partial charge in [-0.2, -0.15) is 4.98 Å². The van der Waals surface area contributed by atoms with Crippen LogP contribution >= 0.6 is 0 Å². The van der Waals surface area contributed by atoms with Crippen molar-refractivity contribution in [3.63, 3.8) is 0 Å². The second kappa shape index (κ2) is 5.78. The van der Waals surface area contributed by atoms with E-state index in [9.17, 15) is 4.79 Å². The van der Waals surface area contributed by atoms with Gasteiger partial charge in [0.1, 0.15) is 6.04 Å². The molecule has 0 bridgehead atoms. The monoisotopic (exact) mass is 280 g/mol. The first-order valence-electron chi connectivity index (χ1n) is 7.16. The summed E-state index contributed by atoms with van der Waals surface area (Å²) in [6.45, 7) is 1.75. The third kappa shape index (κ3) is 2.77. The lowest BCUT2D eigenvalue weighted by Gasteiger charge is -2.22. The maximum atomic E-state index is 12.1. The van der Waals surface area contributed by atoms with Crippen LogP contribution in [0.3, 0.4) is 0 Å². The van der Waals surface area contributed by atoms with Crippen molar-refractivity contribution in [3.05, 3.63) is 11.7 Å². The normalized spacial score (nSPS) is 22.2. The molecule has 1 N–H and O–H groups in total. The van der Waals surface area contributed by atoms with Crippen LogP contribution in [0.25, 0.3) is 0 Å². The first-order valence-corrected chi connectivity index (χ1v) is 7.16. The molecule has 1 unspecified atom stereocenters. The fourth-order valence-corrected chi connectivity index (χ4v) is 2.52. The Balaban J connectivity index is 1.63. The number of rotatable bonds is 5. The van der Waals surface area contributed by atoms with Crippen LogP contribution in [0.4, 0.5) is 4.79 Å². The number of nitrogens with zero attached hydrogens (tertiary/aromatic N) is 3. The Morgan fingerprint density at radius 2 is 2.35 bits per heavy atom. The lowest BCUT2D eigenvalue weighted by atomic mass is 10.2. The summed E-state index contributed by atoms with van der Waals surface area (Å²) in [7, 11) is 1.61. The summed E-state index contributed by atoms with van der Waals surface area (Å²) in [6.07, 6.45) is 4.13. The van der Waals surface area contributed by atoms with E-state index in [2.05, 4.69) is 15.5 Å². The van der Waals surface area contributed by atoms with Gasteiger partial charge in [0.05, 0.1) is 6.61 Å². The second-order valence-electron chi connectivity index (χ2n) is 5.34. The molecule has 2 amide bonds. The Labute approximate surface area is 117 Å².